The molecule has 2 aromatic rings. The van der Waals surface area contributed by atoms with E-state index >= 15 is 0 Å². The summed E-state index contributed by atoms with van der Waals surface area (Å²) in [4.78, 5) is 14.0. The molecule has 2 saturated heterocycles. The highest BCUT2D eigenvalue weighted by Gasteiger charge is 2.41. The second-order valence-electron chi connectivity index (χ2n) is 6.83. The maximum atomic E-state index is 5.84. The third-order valence-corrected chi connectivity index (χ3v) is 4.61. The van der Waals surface area contributed by atoms with Gasteiger partial charge in [-0.25, -0.2) is 9.97 Å². The normalized spacial score (nSPS) is 22.5. The summed E-state index contributed by atoms with van der Waals surface area (Å²) in [7, 11) is 4.10. The maximum absolute atomic E-state index is 5.84. The highest BCUT2D eigenvalue weighted by atomic mass is 16.5. The lowest BCUT2D eigenvalue weighted by molar-refractivity contribution is 0.0858. The number of benzene rings is 1. The first-order valence-corrected chi connectivity index (χ1v) is 8.39. The smallest absolute Gasteiger partial charge is 0.161 e. The Morgan fingerprint density at radius 2 is 2.00 bits per heavy atom. The standard InChI is InChI=1S/C18H23N5O/c1-22(2)10-14-9-16(23-15-7-8-17(23)24-11-15)21-18(20-14)12-3-5-13(19)6-4-12/h3-6,9,15,17H,7-8,10-11,19H2,1-2H3. The number of hydrogen-bond donors (Lipinski definition) is 1. The van der Waals surface area contributed by atoms with E-state index in [-0.39, 0.29) is 6.23 Å². The van der Waals surface area contributed by atoms with Crippen LogP contribution < -0.4 is 10.6 Å². The monoisotopic (exact) mass is 325 g/mol. The Labute approximate surface area is 142 Å². The van der Waals surface area contributed by atoms with Gasteiger partial charge >= 0.3 is 0 Å². The van der Waals surface area contributed by atoms with E-state index in [1.54, 1.807) is 0 Å². The van der Waals surface area contributed by atoms with Crippen molar-refractivity contribution < 1.29 is 4.74 Å². The first kappa shape index (κ1) is 15.4. The van der Waals surface area contributed by atoms with Crippen LogP contribution in [0.5, 0.6) is 0 Å². The first-order valence-electron chi connectivity index (χ1n) is 8.39. The Kier molecular flexibility index (Phi) is 3.86. The lowest BCUT2D eigenvalue weighted by atomic mass is 10.2. The second kappa shape index (κ2) is 6.03. The molecule has 6 nitrogen and oxygen atoms in total. The van der Waals surface area contributed by atoms with Crippen molar-refractivity contribution in [2.45, 2.75) is 31.7 Å². The van der Waals surface area contributed by atoms with E-state index in [1.807, 2.05) is 38.4 Å². The largest absolute Gasteiger partial charge is 0.399 e. The molecule has 2 N–H and O–H groups in total. The molecule has 0 spiro atoms. The van der Waals surface area contributed by atoms with E-state index in [0.29, 0.717) is 6.04 Å². The van der Waals surface area contributed by atoms with Crippen molar-refractivity contribution in [3.05, 3.63) is 36.0 Å². The first-order chi connectivity index (χ1) is 11.6. The molecule has 6 heteroatoms. The summed E-state index contributed by atoms with van der Waals surface area (Å²) in [5.74, 6) is 1.72. The van der Waals surface area contributed by atoms with Crippen LogP contribution in [0.1, 0.15) is 18.5 Å². The highest BCUT2D eigenvalue weighted by Crippen LogP contribution is 2.36. The average molecular weight is 325 g/mol. The third kappa shape index (κ3) is 2.83. The lowest BCUT2D eigenvalue weighted by Gasteiger charge is -2.22. The number of nitrogens with zero attached hydrogens (tertiary/aromatic N) is 4. The van der Waals surface area contributed by atoms with E-state index in [4.69, 9.17) is 20.4 Å². The predicted octanol–water partition coefficient (Wildman–Crippen LogP) is 2.11. The van der Waals surface area contributed by atoms with E-state index in [0.717, 1.165) is 48.2 Å². The fourth-order valence-corrected chi connectivity index (χ4v) is 3.51. The molecule has 1 aromatic carbocycles. The van der Waals surface area contributed by atoms with Crippen molar-refractivity contribution in [1.29, 1.82) is 0 Å². The van der Waals surface area contributed by atoms with Gasteiger partial charge < -0.3 is 20.3 Å². The Hall–Kier alpha value is -2.18. The molecule has 0 saturated carbocycles. The highest BCUT2D eigenvalue weighted by molar-refractivity contribution is 5.61. The fourth-order valence-electron chi connectivity index (χ4n) is 3.51. The molecule has 126 valence electrons. The third-order valence-electron chi connectivity index (χ3n) is 4.61. The van der Waals surface area contributed by atoms with E-state index in [1.165, 1.54) is 6.42 Å². The van der Waals surface area contributed by atoms with Gasteiger partial charge in [0.25, 0.3) is 0 Å². The van der Waals surface area contributed by atoms with Crippen LogP contribution in [0.25, 0.3) is 11.4 Å². The number of fused-ring (bicyclic) bond motifs is 2. The molecule has 2 aliphatic heterocycles. The van der Waals surface area contributed by atoms with Gasteiger partial charge in [-0.05, 0) is 51.2 Å². The van der Waals surface area contributed by atoms with Crippen molar-refractivity contribution >= 4 is 11.5 Å². The molecule has 1 aromatic heterocycles. The van der Waals surface area contributed by atoms with Crippen molar-refractivity contribution in [1.82, 2.24) is 14.9 Å². The number of aromatic nitrogens is 2. The molecule has 0 radical (unpaired) electrons. The molecule has 2 bridgehead atoms. The van der Waals surface area contributed by atoms with Crippen LogP contribution in [0.3, 0.4) is 0 Å². The van der Waals surface area contributed by atoms with Crippen LogP contribution in [0.4, 0.5) is 11.5 Å². The summed E-state index contributed by atoms with van der Waals surface area (Å²) in [5.41, 5.74) is 8.55. The molecular formula is C18H23N5O. The summed E-state index contributed by atoms with van der Waals surface area (Å²) < 4.78 is 5.84. The minimum Gasteiger partial charge on any atom is -0.399 e. The van der Waals surface area contributed by atoms with Crippen molar-refractivity contribution in [3.8, 4) is 11.4 Å². The van der Waals surface area contributed by atoms with Gasteiger partial charge in [0.15, 0.2) is 5.82 Å². The average Bonchev–Trinajstić information content (AvgIpc) is 3.15. The molecule has 3 heterocycles. The van der Waals surface area contributed by atoms with Crippen LogP contribution in [-0.4, -0.2) is 47.8 Å². The Balaban J connectivity index is 1.75. The summed E-state index contributed by atoms with van der Waals surface area (Å²) in [6, 6.07) is 10.3. The van der Waals surface area contributed by atoms with Gasteiger partial charge in [0, 0.05) is 23.9 Å². The number of nitrogen functional groups attached to an aromatic ring is 1. The van der Waals surface area contributed by atoms with Crippen LogP contribution in [-0.2, 0) is 11.3 Å². The van der Waals surface area contributed by atoms with E-state index in [2.05, 4.69) is 15.9 Å². The van der Waals surface area contributed by atoms with Gasteiger partial charge in [-0.15, -0.1) is 0 Å². The minimum atomic E-state index is 0.163. The molecule has 2 atom stereocenters. The fraction of sp³-hybridized carbons (Fsp3) is 0.444. The summed E-state index contributed by atoms with van der Waals surface area (Å²) in [6.07, 6.45) is 2.42. The van der Waals surface area contributed by atoms with Gasteiger partial charge in [0.1, 0.15) is 12.0 Å². The van der Waals surface area contributed by atoms with Crippen LogP contribution in [0.2, 0.25) is 0 Å². The summed E-state index contributed by atoms with van der Waals surface area (Å²) in [5, 5.41) is 0. The number of rotatable bonds is 4. The topological polar surface area (TPSA) is 67.5 Å². The van der Waals surface area contributed by atoms with Crippen LogP contribution in [0.15, 0.2) is 30.3 Å². The molecule has 4 rings (SSSR count). The zero-order chi connectivity index (χ0) is 16.7. The quantitative estimate of drug-likeness (QED) is 0.869. The molecule has 2 fully saturated rings. The van der Waals surface area contributed by atoms with Gasteiger partial charge in [0.2, 0.25) is 0 Å². The van der Waals surface area contributed by atoms with E-state index in [9.17, 15) is 0 Å². The molecule has 24 heavy (non-hydrogen) atoms. The summed E-state index contributed by atoms with van der Waals surface area (Å²) >= 11 is 0. The van der Waals surface area contributed by atoms with Crippen molar-refractivity contribution in [3.63, 3.8) is 0 Å². The predicted molar refractivity (Wildman–Crippen MR) is 94.5 cm³/mol. The van der Waals surface area contributed by atoms with Crippen molar-refractivity contribution in [2.75, 3.05) is 31.3 Å². The minimum absolute atomic E-state index is 0.163. The SMILES string of the molecule is CN(C)Cc1cc(N2C3CCC2OC3)nc(-c2ccc(N)cc2)n1. The lowest BCUT2D eigenvalue weighted by Crippen LogP contribution is -2.30. The Morgan fingerprint density at radius 1 is 1.21 bits per heavy atom. The van der Waals surface area contributed by atoms with Crippen LogP contribution in [0, 0.1) is 0 Å². The number of nitrogens with two attached hydrogens (primary N) is 1. The van der Waals surface area contributed by atoms with Gasteiger partial charge in [-0.2, -0.15) is 0 Å². The number of hydrogen-bond acceptors (Lipinski definition) is 6. The van der Waals surface area contributed by atoms with E-state index < -0.39 is 0 Å². The molecule has 2 aliphatic rings. The van der Waals surface area contributed by atoms with Gasteiger partial charge in [-0.1, -0.05) is 0 Å². The molecular weight excluding hydrogens is 302 g/mol. The zero-order valence-electron chi connectivity index (χ0n) is 14.1. The molecule has 0 amide bonds. The van der Waals surface area contributed by atoms with Gasteiger partial charge in [0.05, 0.1) is 18.3 Å². The second-order valence-corrected chi connectivity index (χ2v) is 6.83. The maximum Gasteiger partial charge on any atom is 0.161 e. The Morgan fingerprint density at radius 3 is 2.58 bits per heavy atom. The Bertz CT molecular complexity index is 711. The molecule has 0 aliphatic carbocycles. The number of anilines is 2. The van der Waals surface area contributed by atoms with Crippen LogP contribution >= 0.6 is 0 Å². The summed E-state index contributed by atoms with van der Waals surface area (Å²) in [6.45, 7) is 1.58. The molecule has 2 unspecified atom stereocenters. The zero-order valence-corrected chi connectivity index (χ0v) is 14.1. The van der Waals surface area contributed by atoms with Gasteiger partial charge in [-0.3, -0.25) is 0 Å². The number of ether oxygens (including phenoxy) is 1. The van der Waals surface area contributed by atoms with Crippen molar-refractivity contribution in [2.24, 2.45) is 0 Å².